The summed E-state index contributed by atoms with van der Waals surface area (Å²) in [7, 11) is 0. The molecule has 0 radical (unpaired) electrons. The fourth-order valence-corrected chi connectivity index (χ4v) is 0.207. The second kappa shape index (κ2) is 10.0. The molecule has 0 fully saturated rings. The second-order valence-corrected chi connectivity index (χ2v) is 1.87. The number of rotatable bonds is 1. The topological polar surface area (TPSA) is 61.1 Å². The first-order valence-electron chi connectivity index (χ1n) is 3.45. The van der Waals surface area contributed by atoms with E-state index in [1.807, 2.05) is 0 Å². The largest absolute Gasteiger partial charge is 0.478 e. The van der Waals surface area contributed by atoms with Crippen LogP contribution in [0.4, 0.5) is 0 Å². The van der Waals surface area contributed by atoms with Crippen molar-refractivity contribution >= 4 is 5.97 Å². The van der Waals surface area contributed by atoms with Crippen LogP contribution in [0.2, 0.25) is 0 Å². The molecule has 0 aliphatic rings. The number of hydrogen-bond donors (Lipinski definition) is 1. The summed E-state index contributed by atoms with van der Waals surface area (Å²) < 4.78 is 0. The van der Waals surface area contributed by atoms with Crippen molar-refractivity contribution in [3.05, 3.63) is 35.8 Å². The Morgan fingerprint density at radius 1 is 1.62 bits per heavy atom. The van der Waals surface area contributed by atoms with E-state index in [1.54, 1.807) is 26.0 Å². The lowest BCUT2D eigenvalue weighted by atomic mass is 10.3. The molecule has 3 heteroatoms. The number of carboxylic acid groups (broad SMARTS) is 1. The van der Waals surface area contributed by atoms with E-state index in [0.29, 0.717) is 5.57 Å². The highest BCUT2D eigenvalue weighted by molar-refractivity contribution is 5.85. The van der Waals surface area contributed by atoms with Gasteiger partial charge in [-0.3, -0.25) is 0 Å². The molecule has 0 saturated heterocycles. The van der Waals surface area contributed by atoms with Crippen molar-refractivity contribution in [2.45, 2.75) is 13.8 Å². The first-order chi connectivity index (χ1) is 6.09. The van der Waals surface area contributed by atoms with Gasteiger partial charge in [-0.25, -0.2) is 4.79 Å². The summed E-state index contributed by atoms with van der Waals surface area (Å²) in [4.78, 5) is 9.86. The molecule has 0 saturated carbocycles. The van der Waals surface area contributed by atoms with Gasteiger partial charge in [-0.05, 0) is 20.4 Å². The molecule has 0 aliphatic carbocycles. The molecule has 0 rings (SSSR count). The van der Waals surface area contributed by atoms with Crippen molar-refractivity contribution in [2.24, 2.45) is 0 Å². The van der Waals surface area contributed by atoms with Crippen molar-refractivity contribution in [3.63, 3.8) is 0 Å². The Kier molecular flexibility index (Phi) is 10.4. The predicted octanol–water partition coefficient (Wildman–Crippen LogP) is 2.04. The second-order valence-electron chi connectivity index (χ2n) is 1.87. The van der Waals surface area contributed by atoms with Crippen LogP contribution in [-0.2, 0) is 4.79 Å². The third kappa shape index (κ3) is 13.1. The van der Waals surface area contributed by atoms with Crippen molar-refractivity contribution in [1.82, 2.24) is 0 Å². The minimum absolute atomic E-state index is 0.389. The Hall–Kier alpha value is -2.00. The average Bonchev–Trinajstić information content (AvgIpc) is 2.14. The summed E-state index contributed by atoms with van der Waals surface area (Å²) in [6, 6.07) is 1.73. The molecule has 0 amide bonds. The molecule has 0 aromatic heterocycles. The summed E-state index contributed by atoms with van der Waals surface area (Å²) in [5.41, 5.74) is 5.03. The molecule has 1 N–H and O–H groups in total. The van der Waals surface area contributed by atoms with Crippen LogP contribution in [0, 0.1) is 11.3 Å². The summed E-state index contributed by atoms with van der Waals surface area (Å²) >= 11 is 0. The fourth-order valence-electron chi connectivity index (χ4n) is 0.207. The normalized spacial score (nSPS) is 7.92. The average molecular weight is 177 g/mol. The molecule has 0 unspecified atom stereocenters. The third-order valence-corrected chi connectivity index (χ3v) is 1.01. The van der Waals surface area contributed by atoms with Crippen LogP contribution in [0.25, 0.3) is 0 Å². The van der Waals surface area contributed by atoms with Crippen molar-refractivity contribution in [2.75, 3.05) is 0 Å². The van der Waals surface area contributed by atoms with Gasteiger partial charge in [0.05, 0.1) is 6.08 Å². The zero-order valence-corrected chi connectivity index (χ0v) is 7.66. The number of carboxylic acids is 1. The molecule has 3 nitrogen and oxygen atoms in total. The van der Waals surface area contributed by atoms with Crippen LogP contribution >= 0.6 is 0 Å². The van der Waals surface area contributed by atoms with Gasteiger partial charge in [0.25, 0.3) is 0 Å². The molecular weight excluding hydrogens is 166 g/mol. The molecule has 0 spiro atoms. The Labute approximate surface area is 77.6 Å². The van der Waals surface area contributed by atoms with Gasteiger partial charge in [0.2, 0.25) is 0 Å². The van der Waals surface area contributed by atoms with E-state index in [1.165, 1.54) is 6.08 Å². The highest BCUT2D eigenvalue weighted by Gasteiger charge is 1.93. The van der Waals surface area contributed by atoms with Crippen LogP contribution in [0.5, 0.6) is 0 Å². The maximum atomic E-state index is 9.86. The number of nitriles is 1. The van der Waals surface area contributed by atoms with Gasteiger partial charge < -0.3 is 5.11 Å². The van der Waals surface area contributed by atoms with E-state index in [2.05, 4.69) is 18.0 Å². The van der Waals surface area contributed by atoms with Crippen LogP contribution < -0.4 is 0 Å². The lowest BCUT2D eigenvalue weighted by molar-refractivity contribution is -0.132. The highest BCUT2D eigenvalue weighted by atomic mass is 16.4. The number of nitrogens with zero attached hydrogens (tertiary/aromatic N) is 1. The quantitative estimate of drug-likeness (QED) is 0.378. The molecule has 0 aromatic rings. The van der Waals surface area contributed by atoms with E-state index in [9.17, 15) is 4.79 Å². The van der Waals surface area contributed by atoms with Crippen LogP contribution in [0.3, 0.4) is 0 Å². The molecule has 13 heavy (non-hydrogen) atoms. The van der Waals surface area contributed by atoms with E-state index < -0.39 is 5.97 Å². The summed E-state index contributed by atoms with van der Waals surface area (Å²) in [6.07, 6.45) is 2.75. The first-order valence-corrected chi connectivity index (χ1v) is 3.45. The van der Waals surface area contributed by atoms with Gasteiger partial charge in [0.15, 0.2) is 0 Å². The molecule has 0 atom stereocenters. The highest BCUT2D eigenvalue weighted by Crippen LogP contribution is 1.87. The Bertz CT molecular complexity index is 308. The fraction of sp³-hybridized carbons (Fsp3) is 0.200. The van der Waals surface area contributed by atoms with E-state index in [-0.39, 0.29) is 0 Å². The van der Waals surface area contributed by atoms with Gasteiger partial charge in [-0.2, -0.15) is 5.26 Å². The minimum atomic E-state index is -0.845. The lowest BCUT2D eigenvalue weighted by Gasteiger charge is -1.84. The van der Waals surface area contributed by atoms with Crippen LogP contribution in [0.1, 0.15) is 13.8 Å². The van der Waals surface area contributed by atoms with Crippen molar-refractivity contribution in [3.8, 4) is 6.07 Å². The molecule has 0 aromatic carbocycles. The molecule has 68 valence electrons. The zero-order chi connectivity index (χ0) is 10.7. The van der Waals surface area contributed by atoms with Gasteiger partial charge in [-0.15, -0.1) is 0 Å². The summed E-state index contributed by atoms with van der Waals surface area (Å²) in [6.45, 7) is 6.44. The van der Waals surface area contributed by atoms with Crippen molar-refractivity contribution in [1.29, 1.82) is 5.26 Å². The molecule has 0 heterocycles. The van der Waals surface area contributed by atoms with Crippen LogP contribution in [-0.4, -0.2) is 11.1 Å². The van der Waals surface area contributed by atoms with E-state index in [4.69, 9.17) is 10.4 Å². The number of aliphatic carboxylic acids is 1. The molecular formula is C10H11NO2. The van der Waals surface area contributed by atoms with Gasteiger partial charge in [-0.1, -0.05) is 17.5 Å². The Morgan fingerprint density at radius 3 is 2.23 bits per heavy atom. The van der Waals surface area contributed by atoms with Crippen LogP contribution in [0.15, 0.2) is 35.8 Å². The number of allylic oxidation sites excluding steroid dienone is 2. The maximum absolute atomic E-state index is 9.86. The predicted molar refractivity (Wildman–Crippen MR) is 49.9 cm³/mol. The third-order valence-electron chi connectivity index (χ3n) is 1.01. The monoisotopic (exact) mass is 177 g/mol. The summed E-state index contributed by atoms with van der Waals surface area (Å²) in [5.74, 6) is -0.845. The SMILES string of the molecule is C=C=C=CC#N.CC=C(C)C(=O)O. The van der Waals surface area contributed by atoms with E-state index >= 15 is 0 Å². The Morgan fingerprint density at radius 2 is 2.15 bits per heavy atom. The van der Waals surface area contributed by atoms with E-state index in [0.717, 1.165) is 0 Å². The van der Waals surface area contributed by atoms with Crippen molar-refractivity contribution < 1.29 is 9.90 Å². The number of carbonyl (C=O) groups is 1. The van der Waals surface area contributed by atoms with Gasteiger partial charge in [0, 0.05) is 5.57 Å². The maximum Gasteiger partial charge on any atom is 0.330 e. The van der Waals surface area contributed by atoms with Gasteiger partial charge in [0.1, 0.15) is 6.07 Å². The summed E-state index contributed by atoms with van der Waals surface area (Å²) in [5, 5.41) is 15.9. The number of hydrogen-bond acceptors (Lipinski definition) is 2. The molecule has 0 bridgehead atoms. The lowest BCUT2D eigenvalue weighted by Crippen LogP contribution is -1.93. The van der Waals surface area contributed by atoms with Gasteiger partial charge >= 0.3 is 5.97 Å². The molecule has 0 aliphatic heterocycles. The standard InChI is InChI=1S/C5H3N.C5H8O2/c1-2-3-4-5-6;1-3-4(2)5(6)7/h4H,1H2;3H,1-2H3,(H,6,7). The Balaban J connectivity index is 0. The smallest absolute Gasteiger partial charge is 0.330 e. The minimum Gasteiger partial charge on any atom is -0.478 e. The first kappa shape index (κ1) is 13.6. The zero-order valence-electron chi connectivity index (χ0n) is 7.66.